The SMILES string of the molecule is COc1ccc(CCNC(=O)/C(C#N)=C\NCCc2ccc(OC)c(OC)c2)cc1. The highest BCUT2D eigenvalue weighted by Gasteiger charge is 2.08. The van der Waals surface area contributed by atoms with Crippen LogP contribution in [0.5, 0.6) is 17.2 Å². The molecule has 7 nitrogen and oxygen atoms in total. The molecule has 0 heterocycles. The molecule has 0 aliphatic carbocycles. The molecular formula is C23H27N3O4. The van der Waals surface area contributed by atoms with Crippen LogP contribution in [-0.4, -0.2) is 40.3 Å². The fourth-order valence-corrected chi connectivity index (χ4v) is 2.78. The lowest BCUT2D eigenvalue weighted by Gasteiger charge is -2.09. The summed E-state index contributed by atoms with van der Waals surface area (Å²) in [6.07, 6.45) is 2.82. The summed E-state index contributed by atoms with van der Waals surface area (Å²) < 4.78 is 15.6. The van der Waals surface area contributed by atoms with Gasteiger partial charge in [-0.05, 0) is 48.2 Å². The Kier molecular flexibility index (Phi) is 9.07. The highest BCUT2D eigenvalue weighted by atomic mass is 16.5. The van der Waals surface area contributed by atoms with Crippen molar-refractivity contribution in [1.29, 1.82) is 5.26 Å². The molecule has 0 aliphatic heterocycles. The third-order valence-electron chi connectivity index (χ3n) is 4.48. The summed E-state index contributed by atoms with van der Waals surface area (Å²) in [5.41, 5.74) is 2.17. The Morgan fingerprint density at radius 1 is 0.933 bits per heavy atom. The third kappa shape index (κ3) is 6.74. The Hall–Kier alpha value is -3.66. The van der Waals surface area contributed by atoms with Crippen molar-refractivity contribution in [2.24, 2.45) is 0 Å². The molecule has 0 fully saturated rings. The smallest absolute Gasteiger partial charge is 0.263 e. The molecule has 158 valence electrons. The van der Waals surface area contributed by atoms with E-state index < -0.39 is 5.91 Å². The Morgan fingerprint density at radius 3 is 2.23 bits per heavy atom. The van der Waals surface area contributed by atoms with Gasteiger partial charge in [0.2, 0.25) is 0 Å². The van der Waals surface area contributed by atoms with E-state index in [0.29, 0.717) is 37.4 Å². The second-order valence-corrected chi connectivity index (χ2v) is 6.42. The van der Waals surface area contributed by atoms with Gasteiger partial charge in [0.1, 0.15) is 17.4 Å². The topological polar surface area (TPSA) is 92.6 Å². The molecule has 0 atom stereocenters. The number of hydrogen-bond donors (Lipinski definition) is 2. The predicted molar refractivity (Wildman–Crippen MR) is 115 cm³/mol. The Morgan fingerprint density at radius 2 is 1.60 bits per heavy atom. The van der Waals surface area contributed by atoms with E-state index in [4.69, 9.17) is 14.2 Å². The molecule has 2 N–H and O–H groups in total. The number of amides is 1. The van der Waals surface area contributed by atoms with Gasteiger partial charge in [0.05, 0.1) is 21.3 Å². The maximum Gasteiger partial charge on any atom is 0.263 e. The van der Waals surface area contributed by atoms with E-state index in [1.165, 1.54) is 6.20 Å². The molecule has 0 spiro atoms. The number of nitrogens with zero attached hydrogens (tertiary/aromatic N) is 1. The van der Waals surface area contributed by atoms with Crippen LogP contribution >= 0.6 is 0 Å². The number of hydrogen-bond acceptors (Lipinski definition) is 6. The van der Waals surface area contributed by atoms with Crippen LogP contribution < -0.4 is 24.8 Å². The summed E-state index contributed by atoms with van der Waals surface area (Å²) in [5.74, 6) is 1.73. The first kappa shape index (κ1) is 22.6. The van der Waals surface area contributed by atoms with E-state index in [0.717, 1.165) is 16.9 Å². The standard InChI is InChI=1S/C23H27N3O4/c1-28-20-7-4-17(5-8-20)11-13-26-23(27)19(15-24)16-25-12-10-18-6-9-21(29-2)22(14-18)30-3/h4-9,14,16,25H,10-13H2,1-3H3,(H,26,27)/b19-16-. The zero-order valence-corrected chi connectivity index (χ0v) is 17.5. The van der Waals surface area contributed by atoms with Crippen LogP contribution in [0.1, 0.15) is 11.1 Å². The fourth-order valence-electron chi connectivity index (χ4n) is 2.78. The lowest BCUT2D eigenvalue weighted by molar-refractivity contribution is -0.117. The van der Waals surface area contributed by atoms with Gasteiger partial charge < -0.3 is 24.8 Å². The zero-order chi connectivity index (χ0) is 21.8. The number of benzene rings is 2. The summed E-state index contributed by atoms with van der Waals surface area (Å²) in [6.45, 7) is 1.01. The normalized spacial score (nSPS) is 10.7. The van der Waals surface area contributed by atoms with Gasteiger partial charge >= 0.3 is 0 Å². The van der Waals surface area contributed by atoms with E-state index in [9.17, 15) is 10.1 Å². The molecular weight excluding hydrogens is 382 g/mol. The minimum absolute atomic E-state index is 0.0389. The Labute approximate surface area is 177 Å². The van der Waals surface area contributed by atoms with Crippen molar-refractivity contribution in [3.05, 3.63) is 65.4 Å². The second kappa shape index (κ2) is 12.0. The summed E-state index contributed by atoms with van der Waals surface area (Å²) in [5, 5.41) is 15.0. The summed E-state index contributed by atoms with van der Waals surface area (Å²) in [6, 6.07) is 15.3. The maximum absolute atomic E-state index is 12.2. The molecule has 0 saturated carbocycles. The Bertz CT molecular complexity index is 902. The first-order valence-corrected chi connectivity index (χ1v) is 9.57. The van der Waals surface area contributed by atoms with Gasteiger partial charge in [-0.15, -0.1) is 0 Å². The van der Waals surface area contributed by atoms with Gasteiger partial charge in [-0.2, -0.15) is 5.26 Å². The molecule has 0 aliphatic rings. The van der Waals surface area contributed by atoms with Crippen molar-refractivity contribution in [2.75, 3.05) is 34.4 Å². The zero-order valence-electron chi connectivity index (χ0n) is 17.5. The molecule has 2 aromatic carbocycles. The van der Waals surface area contributed by atoms with Crippen molar-refractivity contribution >= 4 is 5.91 Å². The number of ether oxygens (including phenoxy) is 3. The van der Waals surface area contributed by atoms with Crippen LogP contribution in [0.2, 0.25) is 0 Å². The van der Waals surface area contributed by atoms with Crippen molar-refractivity contribution in [2.45, 2.75) is 12.8 Å². The van der Waals surface area contributed by atoms with E-state index >= 15 is 0 Å². The molecule has 0 aromatic heterocycles. The Balaban J connectivity index is 1.79. The molecule has 1 amide bonds. The molecule has 0 saturated heterocycles. The first-order chi connectivity index (χ1) is 14.6. The second-order valence-electron chi connectivity index (χ2n) is 6.42. The third-order valence-corrected chi connectivity index (χ3v) is 4.48. The molecule has 0 radical (unpaired) electrons. The molecule has 0 unspecified atom stereocenters. The number of rotatable bonds is 11. The minimum Gasteiger partial charge on any atom is -0.497 e. The number of carbonyl (C=O) groups excluding carboxylic acids is 1. The molecule has 30 heavy (non-hydrogen) atoms. The largest absolute Gasteiger partial charge is 0.497 e. The van der Waals surface area contributed by atoms with Crippen LogP contribution in [0.4, 0.5) is 0 Å². The van der Waals surface area contributed by atoms with Crippen LogP contribution in [-0.2, 0) is 17.6 Å². The van der Waals surface area contributed by atoms with Crippen LogP contribution in [0, 0.1) is 11.3 Å². The van der Waals surface area contributed by atoms with E-state index in [1.807, 2.05) is 48.5 Å². The maximum atomic E-state index is 12.2. The predicted octanol–water partition coefficient (Wildman–Crippen LogP) is 2.61. The molecule has 7 heteroatoms. The van der Waals surface area contributed by atoms with Crippen molar-refractivity contribution in [3.8, 4) is 23.3 Å². The lowest BCUT2D eigenvalue weighted by atomic mass is 10.1. The van der Waals surface area contributed by atoms with Crippen molar-refractivity contribution < 1.29 is 19.0 Å². The summed E-state index contributed by atoms with van der Waals surface area (Å²) >= 11 is 0. The van der Waals surface area contributed by atoms with E-state index in [-0.39, 0.29) is 5.57 Å². The highest BCUT2D eigenvalue weighted by molar-refractivity contribution is 5.97. The number of carbonyl (C=O) groups is 1. The van der Waals surface area contributed by atoms with Crippen molar-refractivity contribution in [1.82, 2.24) is 10.6 Å². The average Bonchev–Trinajstić information content (AvgIpc) is 2.79. The summed E-state index contributed by atoms with van der Waals surface area (Å²) in [7, 11) is 4.80. The van der Waals surface area contributed by atoms with Crippen molar-refractivity contribution in [3.63, 3.8) is 0 Å². The van der Waals surface area contributed by atoms with E-state index in [2.05, 4.69) is 10.6 Å². The highest BCUT2D eigenvalue weighted by Crippen LogP contribution is 2.27. The fraction of sp³-hybridized carbons (Fsp3) is 0.304. The van der Waals surface area contributed by atoms with Gasteiger partial charge in [-0.1, -0.05) is 18.2 Å². The quantitative estimate of drug-likeness (QED) is 0.337. The number of methoxy groups -OCH3 is 3. The van der Waals surface area contributed by atoms with Crippen LogP contribution in [0.25, 0.3) is 0 Å². The van der Waals surface area contributed by atoms with Gasteiger partial charge in [-0.25, -0.2) is 0 Å². The van der Waals surface area contributed by atoms with Gasteiger partial charge in [0.15, 0.2) is 11.5 Å². The van der Waals surface area contributed by atoms with Gasteiger partial charge in [-0.3, -0.25) is 4.79 Å². The first-order valence-electron chi connectivity index (χ1n) is 9.57. The molecule has 2 rings (SSSR count). The van der Waals surface area contributed by atoms with Gasteiger partial charge in [0, 0.05) is 19.3 Å². The number of nitrogens with one attached hydrogen (secondary N) is 2. The van der Waals surface area contributed by atoms with Gasteiger partial charge in [0.25, 0.3) is 5.91 Å². The lowest BCUT2D eigenvalue weighted by Crippen LogP contribution is -2.28. The van der Waals surface area contributed by atoms with Crippen LogP contribution in [0.3, 0.4) is 0 Å². The number of nitriles is 1. The molecule has 0 bridgehead atoms. The average molecular weight is 409 g/mol. The van der Waals surface area contributed by atoms with Crippen LogP contribution in [0.15, 0.2) is 54.2 Å². The molecule has 2 aromatic rings. The summed E-state index contributed by atoms with van der Waals surface area (Å²) in [4.78, 5) is 12.2. The monoisotopic (exact) mass is 409 g/mol. The minimum atomic E-state index is -0.398. The van der Waals surface area contributed by atoms with E-state index in [1.54, 1.807) is 21.3 Å².